The Bertz CT molecular complexity index is 1300. The van der Waals surface area contributed by atoms with Crippen LogP contribution in [-0.4, -0.2) is 69.8 Å². The highest BCUT2D eigenvalue weighted by molar-refractivity contribution is 5.75. The third-order valence-corrected chi connectivity index (χ3v) is 7.35. The summed E-state index contributed by atoms with van der Waals surface area (Å²) < 4.78 is 19.0. The quantitative estimate of drug-likeness (QED) is 0.231. The summed E-state index contributed by atoms with van der Waals surface area (Å²) in [6, 6.07) is 1.52. The highest BCUT2D eigenvalue weighted by atomic mass is 16.5. The van der Waals surface area contributed by atoms with E-state index in [9.17, 15) is 4.79 Å². The first-order chi connectivity index (χ1) is 19.5. The normalized spacial score (nSPS) is 15.3. The van der Waals surface area contributed by atoms with Crippen LogP contribution in [0.2, 0.25) is 0 Å². The zero-order valence-electron chi connectivity index (χ0n) is 23.7. The molecule has 1 aliphatic rings. The Balaban J connectivity index is 1.61. The molecule has 0 aliphatic carbocycles. The highest BCUT2D eigenvalue weighted by Crippen LogP contribution is 2.33. The van der Waals surface area contributed by atoms with Crippen LogP contribution in [0.15, 0.2) is 56.2 Å². The van der Waals surface area contributed by atoms with Gasteiger partial charge in [-0.1, -0.05) is 12.2 Å². The molecule has 2 amide bonds. The van der Waals surface area contributed by atoms with E-state index >= 15 is 0 Å². The number of ether oxygens (including phenoxy) is 3. The van der Waals surface area contributed by atoms with Gasteiger partial charge in [-0.3, -0.25) is 4.98 Å². The van der Waals surface area contributed by atoms with E-state index in [1.165, 1.54) is 0 Å². The SMILES string of the molecule is C=CCCOc1nc(-c2cc([C@@H](C)N(CC)C(=O)NC(CC=C)C3CCOCC3)ncc2OC)cn2ccnc12. The van der Waals surface area contributed by atoms with E-state index in [0.717, 1.165) is 37.3 Å². The summed E-state index contributed by atoms with van der Waals surface area (Å²) in [5.74, 6) is 1.36. The van der Waals surface area contributed by atoms with Crippen molar-refractivity contribution < 1.29 is 19.0 Å². The number of carbonyl (C=O) groups excluding carboxylic acids is 1. The number of urea groups is 1. The van der Waals surface area contributed by atoms with Crippen LogP contribution in [0.4, 0.5) is 4.79 Å². The first kappa shape index (κ1) is 29.1. The molecular weight excluding hydrogens is 508 g/mol. The maximum atomic E-state index is 13.5. The summed E-state index contributed by atoms with van der Waals surface area (Å²) in [4.78, 5) is 29.1. The Morgan fingerprint density at radius 1 is 1.30 bits per heavy atom. The van der Waals surface area contributed by atoms with Crippen molar-refractivity contribution >= 4 is 11.7 Å². The minimum absolute atomic E-state index is 0.0140. The minimum Gasteiger partial charge on any atom is -0.494 e. The van der Waals surface area contributed by atoms with Gasteiger partial charge in [-0.05, 0) is 51.5 Å². The van der Waals surface area contributed by atoms with Crippen LogP contribution in [0.5, 0.6) is 11.6 Å². The fraction of sp³-hybridized carbons (Fsp3) is 0.467. The van der Waals surface area contributed by atoms with Crippen molar-refractivity contribution in [1.29, 1.82) is 0 Å². The van der Waals surface area contributed by atoms with Gasteiger partial charge in [0.2, 0.25) is 5.65 Å². The zero-order valence-corrected chi connectivity index (χ0v) is 23.7. The van der Waals surface area contributed by atoms with Crippen molar-refractivity contribution in [2.24, 2.45) is 5.92 Å². The molecule has 1 aliphatic heterocycles. The van der Waals surface area contributed by atoms with Crippen LogP contribution < -0.4 is 14.8 Å². The molecule has 214 valence electrons. The van der Waals surface area contributed by atoms with Gasteiger partial charge >= 0.3 is 6.03 Å². The Hall–Kier alpha value is -3.92. The van der Waals surface area contributed by atoms with Gasteiger partial charge in [0.25, 0.3) is 5.88 Å². The van der Waals surface area contributed by atoms with Gasteiger partial charge in [0.1, 0.15) is 5.75 Å². The monoisotopic (exact) mass is 548 g/mol. The second-order valence-electron chi connectivity index (χ2n) is 9.82. The van der Waals surface area contributed by atoms with Crippen LogP contribution >= 0.6 is 0 Å². The molecule has 4 rings (SSSR count). The van der Waals surface area contributed by atoms with Gasteiger partial charge in [-0.25, -0.2) is 14.8 Å². The largest absolute Gasteiger partial charge is 0.494 e. The molecule has 1 fully saturated rings. The molecule has 1 unspecified atom stereocenters. The van der Waals surface area contributed by atoms with Crippen LogP contribution in [0.3, 0.4) is 0 Å². The Morgan fingerprint density at radius 3 is 2.80 bits per heavy atom. The summed E-state index contributed by atoms with van der Waals surface area (Å²) >= 11 is 0. The molecule has 3 aromatic heterocycles. The summed E-state index contributed by atoms with van der Waals surface area (Å²) in [6.45, 7) is 14.0. The molecule has 4 heterocycles. The molecule has 10 nitrogen and oxygen atoms in total. The van der Waals surface area contributed by atoms with Crippen LogP contribution in [-0.2, 0) is 4.74 Å². The number of hydrogen-bond acceptors (Lipinski definition) is 7. The van der Waals surface area contributed by atoms with Crippen molar-refractivity contribution in [3.05, 3.63) is 61.9 Å². The topological polar surface area (TPSA) is 103 Å². The van der Waals surface area contributed by atoms with Crippen LogP contribution in [0.25, 0.3) is 16.9 Å². The highest BCUT2D eigenvalue weighted by Gasteiger charge is 2.29. The molecule has 1 N–H and O–H groups in total. The van der Waals surface area contributed by atoms with E-state index in [0.29, 0.717) is 54.9 Å². The Morgan fingerprint density at radius 2 is 2.10 bits per heavy atom. The number of fused-ring (bicyclic) bond motifs is 1. The van der Waals surface area contributed by atoms with Gasteiger partial charge < -0.3 is 28.8 Å². The van der Waals surface area contributed by atoms with Crippen molar-refractivity contribution in [2.75, 3.05) is 33.5 Å². The molecular formula is C30H40N6O4. The zero-order chi connectivity index (χ0) is 28.5. The molecule has 10 heteroatoms. The number of carbonyl (C=O) groups is 1. The predicted molar refractivity (Wildman–Crippen MR) is 155 cm³/mol. The van der Waals surface area contributed by atoms with Crippen LogP contribution in [0, 0.1) is 5.92 Å². The van der Waals surface area contributed by atoms with Crippen LogP contribution in [0.1, 0.15) is 51.3 Å². The number of nitrogens with one attached hydrogen (secondary N) is 1. The van der Waals surface area contributed by atoms with Crippen molar-refractivity contribution in [3.8, 4) is 22.9 Å². The predicted octanol–water partition coefficient (Wildman–Crippen LogP) is 5.22. The minimum atomic E-state index is -0.297. The first-order valence-corrected chi connectivity index (χ1v) is 13.9. The molecule has 0 aromatic carbocycles. The number of methoxy groups -OCH3 is 1. The maximum absolute atomic E-state index is 13.5. The molecule has 3 aromatic rings. The lowest BCUT2D eigenvalue weighted by Crippen LogP contribution is -2.49. The van der Waals surface area contributed by atoms with E-state index in [4.69, 9.17) is 19.2 Å². The molecule has 0 spiro atoms. The molecule has 0 bridgehead atoms. The van der Waals surface area contributed by atoms with E-state index < -0.39 is 0 Å². The second-order valence-corrected chi connectivity index (χ2v) is 9.82. The lowest BCUT2D eigenvalue weighted by atomic mass is 9.90. The fourth-order valence-corrected chi connectivity index (χ4v) is 5.08. The number of nitrogens with zero attached hydrogens (tertiary/aromatic N) is 5. The summed E-state index contributed by atoms with van der Waals surface area (Å²) in [7, 11) is 1.60. The van der Waals surface area contributed by atoms with E-state index in [1.807, 2.05) is 42.8 Å². The maximum Gasteiger partial charge on any atom is 0.318 e. The van der Waals surface area contributed by atoms with Crippen molar-refractivity contribution in [3.63, 3.8) is 0 Å². The smallest absolute Gasteiger partial charge is 0.318 e. The number of rotatable bonds is 13. The lowest BCUT2D eigenvalue weighted by molar-refractivity contribution is 0.0540. The molecule has 0 radical (unpaired) electrons. The van der Waals surface area contributed by atoms with Gasteiger partial charge in [-0.2, -0.15) is 0 Å². The van der Waals surface area contributed by atoms with Crippen molar-refractivity contribution in [2.45, 2.75) is 51.6 Å². The van der Waals surface area contributed by atoms with Gasteiger partial charge in [0.15, 0.2) is 0 Å². The summed E-state index contributed by atoms with van der Waals surface area (Å²) in [5, 5.41) is 3.27. The van der Waals surface area contributed by atoms with Gasteiger partial charge in [-0.15, -0.1) is 13.2 Å². The molecule has 40 heavy (non-hydrogen) atoms. The van der Waals surface area contributed by atoms with E-state index in [1.54, 1.807) is 30.5 Å². The summed E-state index contributed by atoms with van der Waals surface area (Å²) in [6.07, 6.45) is 14.0. The third kappa shape index (κ3) is 6.62. The fourth-order valence-electron chi connectivity index (χ4n) is 5.08. The number of aromatic nitrogens is 4. The Kier molecular flexibility index (Phi) is 10.1. The van der Waals surface area contributed by atoms with Gasteiger partial charge in [0, 0.05) is 50.0 Å². The van der Waals surface area contributed by atoms with E-state index in [2.05, 4.69) is 28.4 Å². The van der Waals surface area contributed by atoms with Crippen molar-refractivity contribution in [1.82, 2.24) is 29.6 Å². The lowest BCUT2D eigenvalue weighted by Gasteiger charge is -2.34. The Labute approximate surface area is 236 Å². The number of imidazole rings is 1. The number of amides is 2. The third-order valence-electron chi connectivity index (χ3n) is 7.35. The number of hydrogen-bond donors (Lipinski definition) is 1. The first-order valence-electron chi connectivity index (χ1n) is 13.9. The van der Waals surface area contributed by atoms with E-state index in [-0.39, 0.29) is 18.1 Å². The average molecular weight is 549 g/mol. The summed E-state index contributed by atoms with van der Waals surface area (Å²) in [5.41, 5.74) is 2.74. The molecule has 1 saturated heterocycles. The standard InChI is InChI=1S/C30H40N6O4/c1-6-9-15-40-29-28-31-13-14-35(28)20-26(33-29)23-18-25(32-19-27(23)38-5)21(4)36(8-3)30(37)34-24(10-7-2)22-11-16-39-17-12-22/h6-7,13-14,18-22,24H,1-2,8-12,15-17H2,3-5H3,(H,34,37)/t21-,24?/m1/s1. The van der Waals surface area contributed by atoms with Gasteiger partial charge in [0.05, 0.1) is 37.3 Å². The molecule has 2 atom stereocenters. The second kappa shape index (κ2) is 13.9. The molecule has 0 saturated carbocycles. The average Bonchev–Trinajstić information content (AvgIpc) is 3.46. The number of pyridine rings is 1.